The molecular formula is C12H12FN3O2S. The standard InChI is InChI=1S/C12H12FN3O2S/c13-11-2-1-6-15-12(11)19(17,18)16-9-5-10-3-7-14-8-4-10/h1-4,6-8,16H,5,9H2. The van der Waals surface area contributed by atoms with E-state index in [0.717, 1.165) is 11.6 Å². The van der Waals surface area contributed by atoms with Crippen molar-refractivity contribution in [1.29, 1.82) is 0 Å². The lowest BCUT2D eigenvalue weighted by Gasteiger charge is -2.06. The zero-order chi connectivity index (χ0) is 13.7. The van der Waals surface area contributed by atoms with Gasteiger partial charge in [0.2, 0.25) is 5.03 Å². The number of hydrogen-bond donors (Lipinski definition) is 1. The van der Waals surface area contributed by atoms with Gasteiger partial charge in [0.25, 0.3) is 10.0 Å². The lowest BCUT2D eigenvalue weighted by molar-refractivity contribution is 0.545. The minimum Gasteiger partial charge on any atom is -0.265 e. The molecule has 2 aromatic rings. The van der Waals surface area contributed by atoms with Crippen LogP contribution in [0.5, 0.6) is 0 Å². The van der Waals surface area contributed by atoms with Gasteiger partial charge in [-0.15, -0.1) is 0 Å². The number of aromatic nitrogens is 2. The molecule has 19 heavy (non-hydrogen) atoms. The number of rotatable bonds is 5. The lowest BCUT2D eigenvalue weighted by atomic mass is 10.2. The number of nitrogens with zero attached hydrogens (tertiary/aromatic N) is 2. The molecule has 100 valence electrons. The van der Waals surface area contributed by atoms with E-state index >= 15 is 0 Å². The Morgan fingerprint density at radius 3 is 2.58 bits per heavy atom. The molecule has 2 rings (SSSR count). The van der Waals surface area contributed by atoms with Crippen LogP contribution in [-0.4, -0.2) is 24.9 Å². The molecule has 0 spiro atoms. The summed E-state index contributed by atoms with van der Waals surface area (Å²) < 4.78 is 39.3. The van der Waals surface area contributed by atoms with Crippen molar-refractivity contribution in [3.05, 3.63) is 54.2 Å². The summed E-state index contributed by atoms with van der Waals surface area (Å²) in [5, 5.41) is -0.579. The topological polar surface area (TPSA) is 72.0 Å². The smallest absolute Gasteiger partial charge is 0.261 e. The van der Waals surface area contributed by atoms with E-state index in [9.17, 15) is 12.8 Å². The SMILES string of the molecule is O=S(=O)(NCCc1ccncc1)c1ncccc1F. The second kappa shape index (κ2) is 5.85. The molecule has 0 saturated carbocycles. The molecule has 0 amide bonds. The highest BCUT2D eigenvalue weighted by molar-refractivity contribution is 7.89. The minimum atomic E-state index is -3.91. The Kier molecular flexibility index (Phi) is 4.18. The van der Waals surface area contributed by atoms with Crippen LogP contribution in [0, 0.1) is 5.82 Å². The van der Waals surface area contributed by atoms with Gasteiger partial charge in [-0.25, -0.2) is 22.5 Å². The number of hydrogen-bond acceptors (Lipinski definition) is 4. The van der Waals surface area contributed by atoms with Crippen LogP contribution in [0.4, 0.5) is 4.39 Å². The molecule has 0 atom stereocenters. The van der Waals surface area contributed by atoms with E-state index in [4.69, 9.17) is 0 Å². The van der Waals surface area contributed by atoms with Crippen LogP contribution in [0.1, 0.15) is 5.56 Å². The largest absolute Gasteiger partial charge is 0.265 e. The molecule has 0 radical (unpaired) electrons. The van der Waals surface area contributed by atoms with Gasteiger partial charge in [-0.3, -0.25) is 4.98 Å². The van der Waals surface area contributed by atoms with Gasteiger partial charge >= 0.3 is 0 Å². The number of sulfonamides is 1. The van der Waals surface area contributed by atoms with Gasteiger partial charge in [-0.2, -0.15) is 0 Å². The van der Waals surface area contributed by atoms with Gasteiger partial charge in [0.15, 0.2) is 5.82 Å². The summed E-state index contributed by atoms with van der Waals surface area (Å²) in [7, 11) is -3.91. The molecule has 7 heteroatoms. The van der Waals surface area contributed by atoms with Crippen molar-refractivity contribution >= 4 is 10.0 Å². The van der Waals surface area contributed by atoms with Crippen LogP contribution in [-0.2, 0) is 16.4 Å². The summed E-state index contributed by atoms with van der Waals surface area (Å²) in [4.78, 5) is 7.40. The average molecular weight is 281 g/mol. The van der Waals surface area contributed by atoms with E-state index in [0.29, 0.717) is 6.42 Å². The maximum atomic E-state index is 13.3. The van der Waals surface area contributed by atoms with Gasteiger partial charge in [-0.05, 0) is 36.2 Å². The fourth-order valence-corrected chi connectivity index (χ4v) is 2.55. The quantitative estimate of drug-likeness (QED) is 0.892. The Labute approximate surface area is 110 Å². The number of nitrogens with one attached hydrogen (secondary N) is 1. The second-order valence-electron chi connectivity index (χ2n) is 3.79. The highest BCUT2D eigenvalue weighted by Gasteiger charge is 2.19. The highest BCUT2D eigenvalue weighted by Crippen LogP contribution is 2.09. The van der Waals surface area contributed by atoms with Gasteiger partial charge in [0.1, 0.15) is 0 Å². The monoisotopic (exact) mass is 281 g/mol. The third kappa shape index (κ3) is 3.55. The number of pyridine rings is 2. The molecule has 0 aromatic carbocycles. The summed E-state index contributed by atoms with van der Waals surface area (Å²) in [6.45, 7) is 0.169. The molecule has 0 aliphatic heterocycles. The van der Waals surface area contributed by atoms with Crippen LogP contribution in [0.2, 0.25) is 0 Å². The molecule has 2 heterocycles. The molecule has 0 fully saturated rings. The molecule has 0 saturated heterocycles. The fraction of sp³-hybridized carbons (Fsp3) is 0.167. The van der Waals surface area contributed by atoms with Crippen LogP contribution < -0.4 is 4.72 Å². The molecule has 0 unspecified atom stereocenters. The first-order valence-electron chi connectivity index (χ1n) is 5.59. The average Bonchev–Trinajstić information content (AvgIpc) is 2.40. The summed E-state index contributed by atoms with van der Waals surface area (Å²) in [5.41, 5.74) is 0.944. The van der Waals surface area contributed by atoms with E-state index in [1.807, 2.05) is 0 Å². The summed E-state index contributed by atoms with van der Waals surface area (Å²) >= 11 is 0. The summed E-state index contributed by atoms with van der Waals surface area (Å²) in [5.74, 6) is -0.862. The van der Waals surface area contributed by atoms with E-state index in [2.05, 4.69) is 14.7 Å². The third-order valence-electron chi connectivity index (χ3n) is 2.43. The van der Waals surface area contributed by atoms with E-state index in [1.165, 1.54) is 12.3 Å². The Morgan fingerprint density at radius 1 is 1.16 bits per heavy atom. The van der Waals surface area contributed by atoms with Gasteiger partial charge in [-0.1, -0.05) is 0 Å². The minimum absolute atomic E-state index is 0.169. The fourth-order valence-electron chi connectivity index (χ4n) is 1.52. The second-order valence-corrected chi connectivity index (χ2v) is 5.48. The zero-order valence-electron chi connectivity index (χ0n) is 9.95. The van der Waals surface area contributed by atoms with Crippen molar-refractivity contribution in [2.75, 3.05) is 6.54 Å². The van der Waals surface area contributed by atoms with E-state index in [1.54, 1.807) is 24.5 Å². The molecule has 5 nitrogen and oxygen atoms in total. The highest BCUT2D eigenvalue weighted by atomic mass is 32.2. The summed E-state index contributed by atoms with van der Waals surface area (Å²) in [6.07, 6.45) is 4.99. The predicted molar refractivity (Wildman–Crippen MR) is 67.3 cm³/mol. The maximum Gasteiger partial charge on any atom is 0.261 e. The lowest BCUT2D eigenvalue weighted by Crippen LogP contribution is -2.27. The van der Waals surface area contributed by atoms with Crippen LogP contribution in [0.25, 0.3) is 0 Å². The van der Waals surface area contributed by atoms with Crippen molar-refractivity contribution in [3.8, 4) is 0 Å². The van der Waals surface area contributed by atoms with Crippen molar-refractivity contribution in [2.45, 2.75) is 11.4 Å². The predicted octanol–water partition coefficient (Wildman–Crippen LogP) is 1.14. The van der Waals surface area contributed by atoms with Crippen molar-refractivity contribution in [2.24, 2.45) is 0 Å². The normalized spacial score (nSPS) is 11.4. The Morgan fingerprint density at radius 2 is 1.89 bits per heavy atom. The van der Waals surface area contributed by atoms with Crippen molar-refractivity contribution < 1.29 is 12.8 Å². The van der Waals surface area contributed by atoms with Crippen LogP contribution in [0.15, 0.2) is 47.9 Å². The van der Waals surface area contributed by atoms with Crippen LogP contribution in [0.3, 0.4) is 0 Å². The zero-order valence-corrected chi connectivity index (χ0v) is 10.8. The molecule has 2 aromatic heterocycles. The first kappa shape index (κ1) is 13.6. The molecule has 0 aliphatic rings. The third-order valence-corrected chi connectivity index (χ3v) is 3.83. The first-order valence-corrected chi connectivity index (χ1v) is 7.07. The maximum absolute atomic E-state index is 13.3. The van der Waals surface area contributed by atoms with Gasteiger partial charge in [0, 0.05) is 25.1 Å². The molecule has 0 bridgehead atoms. The van der Waals surface area contributed by atoms with Crippen molar-refractivity contribution in [3.63, 3.8) is 0 Å². The molecular weight excluding hydrogens is 269 g/mol. The van der Waals surface area contributed by atoms with Crippen molar-refractivity contribution in [1.82, 2.24) is 14.7 Å². The van der Waals surface area contributed by atoms with Gasteiger partial charge in [0.05, 0.1) is 0 Å². The van der Waals surface area contributed by atoms with Gasteiger partial charge < -0.3 is 0 Å². The van der Waals surface area contributed by atoms with E-state index < -0.39 is 20.9 Å². The van der Waals surface area contributed by atoms with Crippen LogP contribution >= 0.6 is 0 Å². The molecule has 1 N–H and O–H groups in total. The molecule has 0 aliphatic carbocycles. The first-order chi connectivity index (χ1) is 9.09. The number of halogens is 1. The Hall–Kier alpha value is -1.86. The Balaban J connectivity index is 2.01. The van der Waals surface area contributed by atoms with E-state index in [-0.39, 0.29) is 6.54 Å². The Bertz CT molecular complexity index is 647. The summed E-state index contributed by atoms with van der Waals surface area (Å²) in [6, 6.07) is 5.97.